The third-order valence-corrected chi connectivity index (χ3v) is 7.54. The van der Waals surface area contributed by atoms with Crippen LogP contribution in [0.2, 0.25) is 5.02 Å². The Labute approximate surface area is 215 Å². The van der Waals surface area contributed by atoms with Gasteiger partial charge in [0.05, 0.1) is 16.6 Å². The van der Waals surface area contributed by atoms with Gasteiger partial charge in [0.1, 0.15) is 5.82 Å². The number of amides is 2. The number of halogens is 1. The van der Waals surface area contributed by atoms with Crippen molar-refractivity contribution in [1.29, 1.82) is 0 Å². The lowest BCUT2D eigenvalue weighted by atomic mass is 10.00. The van der Waals surface area contributed by atoms with E-state index in [9.17, 15) is 9.59 Å². The van der Waals surface area contributed by atoms with Gasteiger partial charge in [-0.1, -0.05) is 29.8 Å². The average Bonchev–Trinajstić information content (AvgIpc) is 3.30. The molecule has 8 nitrogen and oxygen atoms in total. The highest BCUT2D eigenvalue weighted by Crippen LogP contribution is 2.33. The molecule has 2 amide bonds. The maximum absolute atomic E-state index is 13.4. The van der Waals surface area contributed by atoms with Crippen molar-refractivity contribution in [3.05, 3.63) is 82.0 Å². The van der Waals surface area contributed by atoms with Crippen molar-refractivity contribution in [3.63, 3.8) is 0 Å². The quantitative estimate of drug-likeness (QED) is 0.546. The molecule has 3 N–H and O–H groups in total. The average molecular weight is 505 g/mol. The Hall–Kier alpha value is -3.65. The third-order valence-electron chi connectivity index (χ3n) is 7.21. The topological polar surface area (TPSA) is 104 Å². The van der Waals surface area contributed by atoms with Gasteiger partial charge in [-0.15, -0.1) is 0 Å². The fourth-order valence-corrected chi connectivity index (χ4v) is 5.38. The first-order chi connectivity index (χ1) is 17.4. The summed E-state index contributed by atoms with van der Waals surface area (Å²) in [4.78, 5) is 38.5. The number of aromatic nitrogens is 2. The number of aryl methyl sites for hydroxylation is 1. The molecule has 186 valence electrons. The Kier molecular flexibility index (Phi) is 6.78. The van der Waals surface area contributed by atoms with Crippen molar-refractivity contribution in [2.75, 3.05) is 30.8 Å². The second kappa shape index (κ2) is 10.1. The van der Waals surface area contributed by atoms with E-state index < -0.39 is 0 Å². The molecule has 0 unspecified atom stereocenters. The Morgan fingerprint density at radius 2 is 1.89 bits per heavy atom. The van der Waals surface area contributed by atoms with Crippen LogP contribution in [-0.4, -0.2) is 52.9 Å². The fourth-order valence-electron chi connectivity index (χ4n) is 5.16. The summed E-state index contributed by atoms with van der Waals surface area (Å²) >= 11 is 6.21. The number of hydrogen-bond acceptors (Lipinski definition) is 6. The molecule has 3 aromatic rings. The Balaban J connectivity index is 1.25. The van der Waals surface area contributed by atoms with Crippen LogP contribution < -0.4 is 16.0 Å². The van der Waals surface area contributed by atoms with E-state index in [2.05, 4.69) is 20.2 Å². The minimum absolute atomic E-state index is 0.00869. The Morgan fingerprint density at radius 1 is 1.11 bits per heavy atom. The minimum atomic E-state index is -0.204. The molecule has 1 fully saturated rings. The van der Waals surface area contributed by atoms with E-state index in [0.29, 0.717) is 16.1 Å². The number of anilines is 2. The van der Waals surface area contributed by atoms with Gasteiger partial charge in [-0.3, -0.25) is 9.59 Å². The Bertz CT molecular complexity index is 1290. The predicted octanol–water partition coefficient (Wildman–Crippen LogP) is 3.87. The minimum Gasteiger partial charge on any atom is -0.368 e. The second-order valence-electron chi connectivity index (χ2n) is 9.37. The number of carbonyl (C=O) groups is 2. The van der Waals surface area contributed by atoms with Gasteiger partial charge in [0.2, 0.25) is 5.95 Å². The first kappa shape index (κ1) is 24.1. The SMILES string of the molecule is CN(C(=O)c1ccc2c(c1)[C@H](NC(=O)c1ccccc1Cl)CC2)C1CCN(c2ccnc(N)n2)CC1. The number of nitrogens with two attached hydrogens (primary N) is 1. The molecule has 2 aliphatic rings. The monoisotopic (exact) mass is 504 g/mol. The summed E-state index contributed by atoms with van der Waals surface area (Å²) in [6, 6.07) is 14.7. The number of nitrogens with zero attached hydrogens (tertiary/aromatic N) is 4. The molecule has 0 saturated carbocycles. The van der Waals surface area contributed by atoms with E-state index in [0.717, 1.165) is 55.7 Å². The molecule has 0 spiro atoms. The molecule has 1 aliphatic carbocycles. The van der Waals surface area contributed by atoms with Gasteiger partial charge < -0.3 is 20.9 Å². The number of piperidine rings is 1. The van der Waals surface area contributed by atoms with Crippen LogP contribution in [0.15, 0.2) is 54.7 Å². The van der Waals surface area contributed by atoms with Crippen LogP contribution in [0.1, 0.15) is 57.1 Å². The zero-order chi connectivity index (χ0) is 25.2. The highest BCUT2D eigenvalue weighted by atomic mass is 35.5. The highest BCUT2D eigenvalue weighted by Gasteiger charge is 2.29. The molecule has 2 heterocycles. The van der Waals surface area contributed by atoms with Crippen LogP contribution in [0, 0.1) is 0 Å². The number of nitrogens with one attached hydrogen (secondary N) is 1. The van der Waals surface area contributed by atoms with Gasteiger partial charge in [-0.05, 0) is 67.1 Å². The molecule has 0 bridgehead atoms. The molecular formula is C27H29ClN6O2. The van der Waals surface area contributed by atoms with E-state index in [4.69, 9.17) is 17.3 Å². The number of hydrogen-bond donors (Lipinski definition) is 2. The normalized spacial score (nSPS) is 17.5. The first-order valence-corrected chi connectivity index (χ1v) is 12.6. The van der Waals surface area contributed by atoms with Crippen LogP contribution in [0.5, 0.6) is 0 Å². The maximum Gasteiger partial charge on any atom is 0.253 e. The lowest BCUT2D eigenvalue weighted by Gasteiger charge is -2.37. The van der Waals surface area contributed by atoms with Crippen LogP contribution in [0.4, 0.5) is 11.8 Å². The fraction of sp³-hybridized carbons (Fsp3) is 0.333. The van der Waals surface area contributed by atoms with Gasteiger partial charge >= 0.3 is 0 Å². The molecular weight excluding hydrogens is 476 g/mol. The number of nitrogen functional groups attached to an aromatic ring is 1. The standard InChI is InChI=1S/C27H29ClN6O2/c1-33(19-11-14-34(15-12-19)24-10-13-30-27(29)32-24)26(36)18-7-6-17-8-9-23(21(17)16-18)31-25(35)20-4-2-3-5-22(20)28/h2-7,10,13,16,19,23H,8-9,11-12,14-15H2,1H3,(H,31,35)(H2,29,30,32)/t23-/m1/s1. The second-order valence-corrected chi connectivity index (χ2v) is 9.77. The summed E-state index contributed by atoms with van der Waals surface area (Å²) < 4.78 is 0. The summed E-state index contributed by atoms with van der Waals surface area (Å²) in [6.07, 6.45) is 5.00. The van der Waals surface area contributed by atoms with Crippen LogP contribution in [0.3, 0.4) is 0 Å². The number of rotatable bonds is 5. The predicted molar refractivity (Wildman–Crippen MR) is 140 cm³/mol. The summed E-state index contributed by atoms with van der Waals surface area (Å²) in [7, 11) is 1.87. The van der Waals surface area contributed by atoms with Gasteiger partial charge in [-0.2, -0.15) is 4.98 Å². The molecule has 36 heavy (non-hydrogen) atoms. The molecule has 1 aromatic heterocycles. The Morgan fingerprint density at radius 3 is 2.64 bits per heavy atom. The third kappa shape index (κ3) is 4.86. The molecule has 1 saturated heterocycles. The van der Waals surface area contributed by atoms with Crippen molar-refractivity contribution < 1.29 is 9.59 Å². The highest BCUT2D eigenvalue weighted by molar-refractivity contribution is 6.33. The van der Waals surface area contributed by atoms with E-state index in [1.165, 1.54) is 0 Å². The zero-order valence-electron chi connectivity index (χ0n) is 20.2. The zero-order valence-corrected chi connectivity index (χ0v) is 20.9. The first-order valence-electron chi connectivity index (χ1n) is 12.2. The van der Waals surface area contributed by atoms with E-state index in [-0.39, 0.29) is 29.8 Å². The summed E-state index contributed by atoms with van der Waals surface area (Å²) in [5.41, 5.74) is 8.99. The van der Waals surface area contributed by atoms with Crippen molar-refractivity contribution >= 4 is 35.2 Å². The maximum atomic E-state index is 13.4. The number of carbonyl (C=O) groups excluding carboxylic acids is 2. The van der Waals surface area contributed by atoms with Crippen molar-refractivity contribution in [2.45, 2.75) is 37.8 Å². The van der Waals surface area contributed by atoms with E-state index in [1.54, 1.807) is 30.5 Å². The van der Waals surface area contributed by atoms with Crippen molar-refractivity contribution in [2.24, 2.45) is 0 Å². The lowest BCUT2D eigenvalue weighted by Crippen LogP contribution is -2.46. The molecule has 2 aromatic carbocycles. The van der Waals surface area contributed by atoms with Gasteiger partial charge in [0, 0.05) is 37.9 Å². The van der Waals surface area contributed by atoms with Gasteiger partial charge in [0.15, 0.2) is 0 Å². The van der Waals surface area contributed by atoms with E-state index >= 15 is 0 Å². The summed E-state index contributed by atoms with van der Waals surface area (Å²) in [5.74, 6) is 0.869. The van der Waals surface area contributed by atoms with Crippen LogP contribution in [0.25, 0.3) is 0 Å². The van der Waals surface area contributed by atoms with Crippen LogP contribution >= 0.6 is 11.6 Å². The molecule has 0 radical (unpaired) electrons. The number of fused-ring (bicyclic) bond motifs is 1. The smallest absolute Gasteiger partial charge is 0.253 e. The molecule has 9 heteroatoms. The molecule has 5 rings (SSSR count). The molecule has 1 atom stereocenters. The lowest BCUT2D eigenvalue weighted by molar-refractivity contribution is 0.0709. The number of benzene rings is 2. The largest absolute Gasteiger partial charge is 0.368 e. The summed E-state index contributed by atoms with van der Waals surface area (Å²) in [6.45, 7) is 1.58. The molecule has 1 aliphatic heterocycles. The van der Waals surface area contributed by atoms with Crippen LogP contribution in [-0.2, 0) is 6.42 Å². The van der Waals surface area contributed by atoms with Gasteiger partial charge in [-0.25, -0.2) is 4.98 Å². The summed E-state index contributed by atoms with van der Waals surface area (Å²) in [5, 5.41) is 3.53. The van der Waals surface area contributed by atoms with Gasteiger partial charge in [0.25, 0.3) is 11.8 Å². The van der Waals surface area contributed by atoms with E-state index in [1.807, 2.05) is 36.2 Å². The van der Waals surface area contributed by atoms with Crippen molar-refractivity contribution in [1.82, 2.24) is 20.2 Å². The van der Waals surface area contributed by atoms with Crippen molar-refractivity contribution in [3.8, 4) is 0 Å².